The Hall–Kier alpha value is -0.310. The topological polar surface area (TPSA) is 34.1 Å². The van der Waals surface area contributed by atoms with Crippen molar-refractivity contribution in [3.8, 4) is 0 Å². The Kier molecular flexibility index (Phi) is 7.86. The van der Waals surface area contributed by atoms with E-state index in [0.29, 0.717) is 11.5 Å². The van der Waals surface area contributed by atoms with Crippen molar-refractivity contribution in [2.24, 2.45) is 5.92 Å². The highest BCUT2D eigenvalue weighted by molar-refractivity contribution is 7.99. The van der Waals surface area contributed by atoms with Crippen LogP contribution in [-0.2, 0) is 9.59 Å². The normalized spacial score (nSPS) is 12.5. The van der Waals surface area contributed by atoms with Crippen LogP contribution in [0.1, 0.15) is 40.0 Å². The number of hydrogen-bond donors (Lipinski definition) is 0. The first-order chi connectivity index (χ1) is 6.57. The van der Waals surface area contributed by atoms with Gasteiger partial charge in [-0.15, -0.1) is 0 Å². The van der Waals surface area contributed by atoms with E-state index < -0.39 is 0 Å². The van der Waals surface area contributed by atoms with E-state index in [1.165, 1.54) is 0 Å². The van der Waals surface area contributed by atoms with Crippen LogP contribution in [0.4, 0.5) is 0 Å². The van der Waals surface area contributed by atoms with Gasteiger partial charge in [0.05, 0.1) is 5.75 Å². The van der Waals surface area contributed by atoms with Gasteiger partial charge < -0.3 is 0 Å². The van der Waals surface area contributed by atoms with E-state index in [4.69, 9.17) is 0 Å². The molecule has 3 heteroatoms. The summed E-state index contributed by atoms with van der Waals surface area (Å²) in [6, 6.07) is 0. The number of carbonyl (C=O) groups is 2. The van der Waals surface area contributed by atoms with Gasteiger partial charge in [-0.05, 0) is 38.9 Å². The quantitative estimate of drug-likeness (QED) is 0.585. The molecule has 82 valence electrons. The Bertz CT molecular complexity index is 190. The zero-order valence-corrected chi connectivity index (χ0v) is 10.2. The van der Waals surface area contributed by atoms with Crippen LogP contribution in [0, 0.1) is 5.92 Å². The first-order valence-electron chi connectivity index (χ1n) is 5.15. The van der Waals surface area contributed by atoms with E-state index in [0.717, 1.165) is 25.0 Å². The lowest BCUT2D eigenvalue weighted by molar-refractivity contribution is -0.121. The SMILES string of the molecule is CCC(CCCSCC(C)=O)C(C)=O. The lowest BCUT2D eigenvalue weighted by atomic mass is 9.97. The van der Waals surface area contributed by atoms with Crippen LogP contribution in [0.2, 0.25) is 0 Å². The monoisotopic (exact) mass is 216 g/mol. The summed E-state index contributed by atoms with van der Waals surface area (Å²) in [4.78, 5) is 21.7. The van der Waals surface area contributed by atoms with Gasteiger partial charge in [0.15, 0.2) is 0 Å². The lowest BCUT2D eigenvalue weighted by Gasteiger charge is -2.09. The summed E-state index contributed by atoms with van der Waals surface area (Å²) in [5.41, 5.74) is 0. The molecule has 0 aliphatic carbocycles. The fourth-order valence-electron chi connectivity index (χ4n) is 1.34. The maximum Gasteiger partial charge on any atom is 0.139 e. The van der Waals surface area contributed by atoms with Gasteiger partial charge in [0.1, 0.15) is 11.6 Å². The molecule has 0 radical (unpaired) electrons. The van der Waals surface area contributed by atoms with Gasteiger partial charge in [0.2, 0.25) is 0 Å². The second-order valence-electron chi connectivity index (χ2n) is 3.61. The molecular weight excluding hydrogens is 196 g/mol. The van der Waals surface area contributed by atoms with E-state index >= 15 is 0 Å². The van der Waals surface area contributed by atoms with Crippen molar-refractivity contribution in [2.75, 3.05) is 11.5 Å². The van der Waals surface area contributed by atoms with Gasteiger partial charge in [-0.25, -0.2) is 0 Å². The molecule has 0 aromatic rings. The Labute approximate surface area is 90.8 Å². The van der Waals surface area contributed by atoms with Crippen LogP contribution in [0.5, 0.6) is 0 Å². The van der Waals surface area contributed by atoms with Crippen LogP contribution in [-0.4, -0.2) is 23.1 Å². The highest BCUT2D eigenvalue weighted by atomic mass is 32.2. The third kappa shape index (κ3) is 7.13. The first-order valence-corrected chi connectivity index (χ1v) is 6.31. The molecule has 0 aliphatic rings. The Morgan fingerprint density at radius 1 is 1.29 bits per heavy atom. The highest BCUT2D eigenvalue weighted by Gasteiger charge is 2.10. The zero-order valence-electron chi connectivity index (χ0n) is 9.34. The van der Waals surface area contributed by atoms with Crippen molar-refractivity contribution >= 4 is 23.3 Å². The number of Topliss-reactive ketones (excluding diaryl/α,β-unsaturated/α-hetero) is 2. The third-order valence-corrected chi connectivity index (χ3v) is 3.40. The molecular formula is C11H20O2S. The molecule has 0 amide bonds. The molecule has 2 nitrogen and oxygen atoms in total. The number of hydrogen-bond acceptors (Lipinski definition) is 3. The van der Waals surface area contributed by atoms with Gasteiger partial charge in [0.25, 0.3) is 0 Å². The summed E-state index contributed by atoms with van der Waals surface area (Å²) in [6.45, 7) is 5.32. The predicted octanol–water partition coefficient (Wildman–Crippen LogP) is 2.70. The largest absolute Gasteiger partial charge is 0.300 e. The van der Waals surface area contributed by atoms with E-state index in [-0.39, 0.29) is 11.7 Å². The number of ketones is 2. The molecule has 0 spiro atoms. The molecule has 0 rings (SSSR count). The molecule has 1 atom stereocenters. The van der Waals surface area contributed by atoms with Crippen LogP contribution in [0.25, 0.3) is 0 Å². The van der Waals surface area contributed by atoms with Crippen LogP contribution in [0.3, 0.4) is 0 Å². The molecule has 0 heterocycles. The highest BCUT2D eigenvalue weighted by Crippen LogP contribution is 2.14. The lowest BCUT2D eigenvalue weighted by Crippen LogP contribution is -2.09. The molecule has 0 bridgehead atoms. The minimum atomic E-state index is 0.230. The van der Waals surface area contributed by atoms with E-state index in [2.05, 4.69) is 6.92 Å². The molecule has 14 heavy (non-hydrogen) atoms. The maximum atomic E-state index is 11.1. The van der Waals surface area contributed by atoms with Gasteiger partial charge in [-0.1, -0.05) is 6.92 Å². The smallest absolute Gasteiger partial charge is 0.139 e. The molecule has 0 saturated carbocycles. The van der Waals surface area contributed by atoms with Crippen molar-refractivity contribution in [3.63, 3.8) is 0 Å². The zero-order chi connectivity index (χ0) is 11.0. The second-order valence-corrected chi connectivity index (χ2v) is 4.72. The van der Waals surface area contributed by atoms with Crippen molar-refractivity contribution in [1.29, 1.82) is 0 Å². The average Bonchev–Trinajstić information content (AvgIpc) is 2.10. The van der Waals surface area contributed by atoms with Crippen molar-refractivity contribution < 1.29 is 9.59 Å². The van der Waals surface area contributed by atoms with Crippen molar-refractivity contribution in [2.45, 2.75) is 40.0 Å². The molecule has 1 unspecified atom stereocenters. The van der Waals surface area contributed by atoms with Crippen LogP contribution >= 0.6 is 11.8 Å². The fourth-order valence-corrected chi connectivity index (χ4v) is 2.15. The van der Waals surface area contributed by atoms with E-state index in [1.807, 2.05) is 0 Å². The van der Waals surface area contributed by atoms with Crippen molar-refractivity contribution in [3.05, 3.63) is 0 Å². The molecule has 0 aromatic heterocycles. The Morgan fingerprint density at radius 2 is 1.93 bits per heavy atom. The minimum absolute atomic E-state index is 0.230. The second kappa shape index (κ2) is 8.04. The summed E-state index contributed by atoms with van der Waals surface area (Å²) in [5, 5.41) is 0. The Balaban J connectivity index is 3.42. The summed E-state index contributed by atoms with van der Waals surface area (Å²) < 4.78 is 0. The predicted molar refractivity (Wildman–Crippen MR) is 61.7 cm³/mol. The summed E-state index contributed by atoms with van der Waals surface area (Å²) >= 11 is 1.66. The molecule has 0 aliphatic heterocycles. The number of carbonyl (C=O) groups excluding carboxylic acids is 2. The van der Waals surface area contributed by atoms with E-state index in [1.54, 1.807) is 25.6 Å². The number of thioether (sulfide) groups is 1. The molecule has 0 saturated heterocycles. The van der Waals surface area contributed by atoms with Gasteiger partial charge in [0, 0.05) is 5.92 Å². The van der Waals surface area contributed by atoms with Crippen LogP contribution < -0.4 is 0 Å². The first kappa shape index (κ1) is 13.7. The average molecular weight is 216 g/mol. The van der Waals surface area contributed by atoms with Crippen molar-refractivity contribution in [1.82, 2.24) is 0 Å². The van der Waals surface area contributed by atoms with Gasteiger partial charge in [-0.2, -0.15) is 11.8 Å². The standard InChI is InChI=1S/C11H20O2S/c1-4-11(10(3)13)6-5-7-14-8-9(2)12/h11H,4-8H2,1-3H3. The molecule has 0 aromatic carbocycles. The molecule has 0 N–H and O–H groups in total. The third-order valence-electron chi connectivity index (χ3n) is 2.21. The van der Waals surface area contributed by atoms with Crippen LogP contribution in [0.15, 0.2) is 0 Å². The number of rotatable bonds is 8. The Morgan fingerprint density at radius 3 is 2.36 bits per heavy atom. The summed E-state index contributed by atoms with van der Waals surface area (Å²) in [6.07, 6.45) is 2.94. The molecule has 0 fully saturated rings. The maximum absolute atomic E-state index is 11.1. The summed E-state index contributed by atoms with van der Waals surface area (Å²) in [7, 11) is 0. The van der Waals surface area contributed by atoms with E-state index in [9.17, 15) is 9.59 Å². The van der Waals surface area contributed by atoms with Gasteiger partial charge in [-0.3, -0.25) is 9.59 Å². The van der Waals surface area contributed by atoms with Gasteiger partial charge >= 0.3 is 0 Å². The fraction of sp³-hybridized carbons (Fsp3) is 0.818. The summed E-state index contributed by atoms with van der Waals surface area (Å²) in [5.74, 6) is 2.35. The minimum Gasteiger partial charge on any atom is -0.300 e.